The fourth-order valence-corrected chi connectivity index (χ4v) is 3.25. The molecule has 0 radical (unpaired) electrons. The molecule has 1 unspecified atom stereocenters. The number of fused-ring (bicyclic) bond motifs is 1. The van der Waals surface area contributed by atoms with Gasteiger partial charge in [-0.3, -0.25) is 0 Å². The first-order valence-electron chi connectivity index (χ1n) is 8.10. The summed E-state index contributed by atoms with van der Waals surface area (Å²) in [6.07, 6.45) is 3.14. The van der Waals surface area contributed by atoms with E-state index in [1.54, 1.807) is 4.68 Å². The van der Waals surface area contributed by atoms with Crippen molar-refractivity contribution in [3.8, 4) is 0 Å². The van der Waals surface area contributed by atoms with E-state index in [4.69, 9.17) is 0 Å². The third-order valence-corrected chi connectivity index (χ3v) is 4.18. The number of halogens is 2. The molecule has 0 amide bonds. The quantitative estimate of drug-likeness (QED) is 0.824. The Labute approximate surface area is 126 Å². The maximum Gasteiger partial charge on any atom is 0.293 e. The fraction of sp³-hybridized carbons (Fsp3) is 0.875. The Bertz CT molecular complexity index is 466. The Morgan fingerprint density at radius 3 is 2.52 bits per heavy atom. The van der Waals surface area contributed by atoms with Crippen molar-refractivity contribution in [2.75, 3.05) is 0 Å². The van der Waals surface area contributed by atoms with Gasteiger partial charge in [-0.15, -0.1) is 5.10 Å². The van der Waals surface area contributed by atoms with Crippen LogP contribution in [0.5, 0.6) is 0 Å². The van der Waals surface area contributed by atoms with Gasteiger partial charge in [0, 0.05) is 13.0 Å². The lowest BCUT2D eigenvalue weighted by Crippen LogP contribution is -2.23. The number of aromatic nitrogens is 3. The van der Waals surface area contributed by atoms with Crippen LogP contribution in [0.15, 0.2) is 0 Å². The van der Waals surface area contributed by atoms with Gasteiger partial charge in [0.05, 0.1) is 5.69 Å². The third-order valence-electron chi connectivity index (χ3n) is 4.18. The van der Waals surface area contributed by atoms with Gasteiger partial charge in [-0.05, 0) is 43.4 Å². The minimum atomic E-state index is -2.83. The maximum absolute atomic E-state index is 14.4. The van der Waals surface area contributed by atoms with E-state index in [1.807, 2.05) is 0 Å². The smallest absolute Gasteiger partial charge is 0.249 e. The lowest BCUT2D eigenvalue weighted by Gasteiger charge is -2.25. The molecule has 21 heavy (non-hydrogen) atoms. The first-order chi connectivity index (χ1) is 9.79. The van der Waals surface area contributed by atoms with E-state index in [1.165, 1.54) is 0 Å². The van der Waals surface area contributed by atoms with Crippen molar-refractivity contribution in [3.05, 3.63) is 11.4 Å². The number of rotatable bonds is 4. The monoisotopic (exact) mass is 299 g/mol. The van der Waals surface area contributed by atoms with Crippen molar-refractivity contribution in [3.63, 3.8) is 0 Å². The largest absolute Gasteiger partial charge is 0.293 e. The summed E-state index contributed by atoms with van der Waals surface area (Å²) in [6, 6.07) is 0. The van der Waals surface area contributed by atoms with E-state index in [9.17, 15) is 8.78 Å². The van der Waals surface area contributed by atoms with E-state index in [2.05, 4.69) is 38.0 Å². The molecule has 0 aliphatic heterocycles. The molecule has 1 aromatic rings. The first-order valence-corrected chi connectivity index (χ1v) is 8.10. The molecule has 1 aliphatic rings. The Hall–Kier alpha value is -1.00. The van der Waals surface area contributed by atoms with Gasteiger partial charge >= 0.3 is 0 Å². The van der Waals surface area contributed by atoms with Crippen molar-refractivity contribution >= 4 is 0 Å². The van der Waals surface area contributed by atoms with Gasteiger partial charge in [-0.2, -0.15) is 8.78 Å². The van der Waals surface area contributed by atoms with E-state index in [0.29, 0.717) is 42.8 Å². The van der Waals surface area contributed by atoms with Crippen molar-refractivity contribution in [2.45, 2.75) is 72.3 Å². The maximum atomic E-state index is 14.4. The lowest BCUT2D eigenvalue weighted by atomic mass is 9.84. The van der Waals surface area contributed by atoms with Crippen LogP contribution in [0.3, 0.4) is 0 Å². The zero-order valence-electron chi connectivity index (χ0n) is 13.6. The highest BCUT2D eigenvalue weighted by Gasteiger charge is 2.40. The van der Waals surface area contributed by atoms with Crippen molar-refractivity contribution in [2.24, 2.45) is 17.8 Å². The van der Waals surface area contributed by atoms with Crippen molar-refractivity contribution < 1.29 is 8.78 Å². The second kappa shape index (κ2) is 6.41. The lowest BCUT2D eigenvalue weighted by molar-refractivity contribution is -0.0277. The summed E-state index contributed by atoms with van der Waals surface area (Å²) in [5, 5.41) is 7.80. The molecule has 1 aliphatic carbocycles. The highest BCUT2D eigenvalue weighted by atomic mass is 19.3. The minimum absolute atomic E-state index is 0.0776. The Balaban J connectivity index is 2.25. The van der Waals surface area contributed by atoms with E-state index in [0.717, 1.165) is 12.8 Å². The zero-order chi connectivity index (χ0) is 15.6. The van der Waals surface area contributed by atoms with Crippen LogP contribution in [0, 0.1) is 17.8 Å². The predicted molar refractivity (Wildman–Crippen MR) is 79.3 cm³/mol. The molecule has 0 saturated heterocycles. The van der Waals surface area contributed by atoms with Crippen LogP contribution in [0.25, 0.3) is 0 Å². The highest BCUT2D eigenvalue weighted by Crippen LogP contribution is 2.39. The van der Waals surface area contributed by atoms with Crippen LogP contribution < -0.4 is 0 Å². The van der Waals surface area contributed by atoms with E-state index >= 15 is 0 Å². The van der Waals surface area contributed by atoms with Crippen LogP contribution in [-0.2, 0) is 18.9 Å². The number of nitrogens with zero attached hydrogens (tertiary/aromatic N) is 3. The molecule has 1 atom stereocenters. The molecule has 2 rings (SSSR count). The molecule has 0 spiro atoms. The normalized spacial score (nSPS) is 22.2. The van der Waals surface area contributed by atoms with Gasteiger partial charge in [-0.25, -0.2) is 4.68 Å². The average molecular weight is 299 g/mol. The molecular weight excluding hydrogens is 272 g/mol. The second-order valence-corrected chi connectivity index (χ2v) is 7.24. The van der Waals surface area contributed by atoms with Crippen LogP contribution >= 0.6 is 0 Å². The number of hydrogen-bond acceptors (Lipinski definition) is 2. The van der Waals surface area contributed by atoms with Gasteiger partial charge in [0.15, 0.2) is 5.69 Å². The SMILES string of the molecule is CC(C)CC1CCc2c(nnn2CC(C)C)C(F)(F)CC1. The molecule has 0 aromatic carbocycles. The molecule has 1 aromatic heterocycles. The third kappa shape index (κ3) is 4.01. The van der Waals surface area contributed by atoms with Crippen LogP contribution in [0.1, 0.15) is 64.8 Å². The first kappa shape index (κ1) is 16.4. The van der Waals surface area contributed by atoms with Gasteiger partial charge in [-0.1, -0.05) is 32.9 Å². The summed E-state index contributed by atoms with van der Waals surface area (Å²) >= 11 is 0. The molecule has 0 saturated carbocycles. The average Bonchev–Trinajstić information content (AvgIpc) is 2.73. The van der Waals surface area contributed by atoms with Crippen LogP contribution in [0.2, 0.25) is 0 Å². The summed E-state index contributed by atoms with van der Waals surface area (Å²) in [4.78, 5) is 0. The Kier molecular flexibility index (Phi) is 4.99. The Morgan fingerprint density at radius 1 is 1.19 bits per heavy atom. The molecule has 120 valence electrons. The van der Waals surface area contributed by atoms with Gasteiger partial charge in [0.1, 0.15) is 0 Å². The van der Waals surface area contributed by atoms with Gasteiger partial charge < -0.3 is 0 Å². The molecule has 0 bridgehead atoms. The van der Waals surface area contributed by atoms with E-state index in [-0.39, 0.29) is 12.1 Å². The summed E-state index contributed by atoms with van der Waals surface area (Å²) in [5.74, 6) is -1.52. The van der Waals surface area contributed by atoms with Crippen molar-refractivity contribution in [1.82, 2.24) is 15.0 Å². The second-order valence-electron chi connectivity index (χ2n) is 7.24. The van der Waals surface area contributed by atoms with Crippen molar-refractivity contribution in [1.29, 1.82) is 0 Å². The van der Waals surface area contributed by atoms with Crippen LogP contribution in [0.4, 0.5) is 8.78 Å². The Morgan fingerprint density at radius 2 is 1.90 bits per heavy atom. The summed E-state index contributed by atoms with van der Waals surface area (Å²) in [7, 11) is 0. The molecule has 3 nitrogen and oxygen atoms in total. The number of hydrogen-bond donors (Lipinski definition) is 0. The molecule has 0 fully saturated rings. The van der Waals surface area contributed by atoms with E-state index < -0.39 is 5.92 Å². The van der Waals surface area contributed by atoms with Gasteiger partial charge in [0.25, 0.3) is 5.92 Å². The minimum Gasteiger partial charge on any atom is -0.249 e. The highest BCUT2D eigenvalue weighted by molar-refractivity contribution is 5.17. The summed E-state index contributed by atoms with van der Waals surface area (Å²) in [5.41, 5.74) is 0.577. The standard InChI is InChI=1S/C16H27F2N3/c1-11(2)9-13-5-6-14-15(16(17,18)8-7-13)19-20-21(14)10-12(3)4/h11-13H,5-10H2,1-4H3. The summed E-state index contributed by atoms with van der Waals surface area (Å²) < 4.78 is 30.5. The topological polar surface area (TPSA) is 30.7 Å². The summed E-state index contributed by atoms with van der Waals surface area (Å²) in [6.45, 7) is 9.11. The molecule has 1 heterocycles. The zero-order valence-corrected chi connectivity index (χ0v) is 13.6. The predicted octanol–water partition coefficient (Wildman–Crippen LogP) is 4.41. The molecule has 0 N–H and O–H groups in total. The van der Waals surface area contributed by atoms with Crippen LogP contribution in [-0.4, -0.2) is 15.0 Å². The molecule has 5 heteroatoms. The number of alkyl halides is 2. The van der Waals surface area contributed by atoms with Gasteiger partial charge in [0.2, 0.25) is 0 Å². The molecular formula is C16H27F2N3. The fourth-order valence-electron chi connectivity index (χ4n) is 3.25.